The van der Waals surface area contributed by atoms with Gasteiger partial charge in [0.15, 0.2) is 5.82 Å². The number of hydrogen-bond acceptors (Lipinski definition) is 4. The number of aromatic nitrogens is 3. The number of aryl methyl sites for hydroxylation is 1. The van der Waals surface area contributed by atoms with E-state index in [0.29, 0.717) is 5.82 Å². The molecular formula is C15H15F2N5O2. The van der Waals surface area contributed by atoms with Gasteiger partial charge in [-0.05, 0) is 12.1 Å². The molecule has 0 bridgehead atoms. The molecule has 2 amide bonds. The molecule has 1 unspecified atom stereocenters. The van der Waals surface area contributed by atoms with Gasteiger partial charge in [-0.3, -0.25) is 14.3 Å². The zero-order chi connectivity index (χ0) is 17.3. The SMILES string of the molecule is Cn1cnc(CNC(=O)C2CC(=O)N(c3c(F)cccc3F)C2)n1. The van der Waals surface area contributed by atoms with E-state index in [-0.39, 0.29) is 25.4 Å². The number of benzene rings is 1. The fourth-order valence-corrected chi connectivity index (χ4v) is 2.62. The minimum atomic E-state index is -0.831. The highest BCUT2D eigenvalue weighted by molar-refractivity contribution is 6.00. The Kier molecular flexibility index (Phi) is 4.24. The van der Waals surface area contributed by atoms with Crippen molar-refractivity contribution in [3.63, 3.8) is 0 Å². The molecule has 1 atom stereocenters. The van der Waals surface area contributed by atoms with Gasteiger partial charge in [-0.15, -0.1) is 0 Å². The first-order valence-corrected chi connectivity index (χ1v) is 7.32. The summed E-state index contributed by atoms with van der Waals surface area (Å²) in [5.41, 5.74) is -0.413. The molecule has 1 aromatic heterocycles. The number of hydrogen-bond donors (Lipinski definition) is 1. The van der Waals surface area contributed by atoms with Crippen LogP contribution < -0.4 is 10.2 Å². The molecule has 0 spiro atoms. The van der Waals surface area contributed by atoms with Crippen molar-refractivity contribution in [2.75, 3.05) is 11.4 Å². The van der Waals surface area contributed by atoms with Crippen molar-refractivity contribution in [2.24, 2.45) is 13.0 Å². The lowest BCUT2D eigenvalue weighted by atomic mass is 10.1. The van der Waals surface area contributed by atoms with Crippen LogP contribution in [0.1, 0.15) is 12.2 Å². The minimum Gasteiger partial charge on any atom is -0.348 e. The van der Waals surface area contributed by atoms with Gasteiger partial charge >= 0.3 is 0 Å². The average molecular weight is 335 g/mol. The van der Waals surface area contributed by atoms with Crippen LogP contribution in [0.3, 0.4) is 0 Å². The smallest absolute Gasteiger partial charge is 0.228 e. The number of nitrogens with one attached hydrogen (secondary N) is 1. The zero-order valence-electron chi connectivity index (χ0n) is 12.9. The van der Waals surface area contributed by atoms with E-state index in [1.807, 2.05) is 0 Å². The number of carbonyl (C=O) groups is 2. The first-order valence-electron chi connectivity index (χ1n) is 7.32. The summed E-state index contributed by atoms with van der Waals surface area (Å²) in [4.78, 5) is 29.2. The lowest BCUT2D eigenvalue weighted by molar-refractivity contribution is -0.126. The monoisotopic (exact) mass is 335 g/mol. The Morgan fingerprint density at radius 3 is 2.71 bits per heavy atom. The fourth-order valence-electron chi connectivity index (χ4n) is 2.62. The van der Waals surface area contributed by atoms with Crippen LogP contribution in [0.25, 0.3) is 0 Å². The Balaban J connectivity index is 1.67. The van der Waals surface area contributed by atoms with E-state index in [9.17, 15) is 18.4 Å². The second kappa shape index (κ2) is 6.34. The molecular weight excluding hydrogens is 320 g/mol. The van der Waals surface area contributed by atoms with E-state index in [1.165, 1.54) is 17.1 Å². The molecule has 2 aromatic rings. The number of halogens is 2. The lowest BCUT2D eigenvalue weighted by Crippen LogP contribution is -2.33. The van der Waals surface area contributed by atoms with E-state index < -0.39 is 29.1 Å². The Labute approximate surface area is 136 Å². The summed E-state index contributed by atoms with van der Waals surface area (Å²) in [6.45, 7) is 0.0522. The van der Waals surface area contributed by atoms with Crippen LogP contribution in [0.15, 0.2) is 24.5 Å². The van der Waals surface area contributed by atoms with Crippen LogP contribution in [0.5, 0.6) is 0 Å². The van der Waals surface area contributed by atoms with Crippen LogP contribution in [0.2, 0.25) is 0 Å². The van der Waals surface area contributed by atoms with Crippen molar-refractivity contribution >= 4 is 17.5 Å². The number of rotatable bonds is 4. The van der Waals surface area contributed by atoms with Gasteiger partial charge in [-0.2, -0.15) is 5.10 Å². The number of para-hydroxylation sites is 1. The Morgan fingerprint density at radius 2 is 2.08 bits per heavy atom. The molecule has 126 valence electrons. The second-order valence-electron chi connectivity index (χ2n) is 5.53. The fraction of sp³-hybridized carbons (Fsp3) is 0.333. The van der Waals surface area contributed by atoms with Crippen LogP contribution in [-0.4, -0.2) is 33.1 Å². The molecule has 3 rings (SSSR count). The molecule has 0 aliphatic carbocycles. The molecule has 1 fully saturated rings. The van der Waals surface area contributed by atoms with Crippen molar-refractivity contribution in [1.29, 1.82) is 0 Å². The molecule has 9 heteroatoms. The zero-order valence-corrected chi connectivity index (χ0v) is 12.9. The van der Waals surface area contributed by atoms with Gasteiger partial charge in [0.2, 0.25) is 11.8 Å². The van der Waals surface area contributed by atoms with Gasteiger partial charge in [0.05, 0.1) is 12.5 Å². The normalized spacial score (nSPS) is 17.4. The van der Waals surface area contributed by atoms with Crippen LogP contribution in [0.4, 0.5) is 14.5 Å². The third kappa shape index (κ3) is 3.10. The topological polar surface area (TPSA) is 80.1 Å². The van der Waals surface area contributed by atoms with Gasteiger partial charge in [0.25, 0.3) is 0 Å². The number of amides is 2. The number of nitrogens with zero attached hydrogens (tertiary/aromatic N) is 4. The van der Waals surface area contributed by atoms with E-state index in [2.05, 4.69) is 15.4 Å². The van der Waals surface area contributed by atoms with Gasteiger partial charge < -0.3 is 10.2 Å². The highest BCUT2D eigenvalue weighted by Gasteiger charge is 2.37. The molecule has 2 heterocycles. The van der Waals surface area contributed by atoms with E-state index >= 15 is 0 Å². The van der Waals surface area contributed by atoms with Crippen LogP contribution >= 0.6 is 0 Å². The molecule has 7 nitrogen and oxygen atoms in total. The van der Waals surface area contributed by atoms with E-state index in [1.54, 1.807) is 7.05 Å². The summed E-state index contributed by atoms with van der Waals surface area (Å²) < 4.78 is 29.1. The Bertz CT molecular complexity index is 772. The predicted molar refractivity (Wildman–Crippen MR) is 79.7 cm³/mol. The summed E-state index contributed by atoms with van der Waals surface area (Å²) in [5.74, 6) is -2.78. The highest BCUT2D eigenvalue weighted by Crippen LogP contribution is 2.29. The van der Waals surface area contributed by atoms with Crippen molar-refractivity contribution in [3.8, 4) is 0 Å². The Morgan fingerprint density at radius 1 is 1.38 bits per heavy atom. The number of carbonyl (C=O) groups excluding carboxylic acids is 2. The maximum absolute atomic E-state index is 13.8. The summed E-state index contributed by atoms with van der Waals surface area (Å²) in [6, 6.07) is 3.37. The van der Waals surface area contributed by atoms with Crippen molar-refractivity contribution in [2.45, 2.75) is 13.0 Å². The maximum Gasteiger partial charge on any atom is 0.228 e. The maximum atomic E-state index is 13.8. The predicted octanol–water partition coefficient (Wildman–Crippen LogP) is 0.763. The van der Waals surface area contributed by atoms with Gasteiger partial charge in [0, 0.05) is 20.0 Å². The summed E-state index contributed by atoms with van der Waals surface area (Å²) in [5, 5.41) is 6.66. The first-order chi connectivity index (χ1) is 11.5. The van der Waals surface area contributed by atoms with Crippen LogP contribution in [-0.2, 0) is 23.2 Å². The van der Waals surface area contributed by atoms with Crippen molar-refractivity contribution in [1.82, 2.24) is 20.1 Å². The molecule has 1 aliphatic rings. The van der Waals surface area contributed by atoms with Crippen LogP contribution in [0, 0.1) is 17.6 Å². The van der Waals surface area contributed by atoms with Crippen molar-refractivity contribution < 1.29 is 18.4 Å². The summed E-state index contributed by atoms with van der Waals surface area (Å²) >= 11 is 0. The molecule has 1 N–H and O–H groups in total. The van der Waals surface area contributed by atoms with Crippen molar-refractivity contribution in [3.05, 3.63) is 42.0 Å². The average Bonchev–Trinajstić information content (AvgIpc) is 3.11. The quantitative estimate of drug-likeness (QED) is 0.895. The van der Waals surface area contributed by atoms with E-state index in [0.717, 1.165) is 17.0 Å². The van der Waals surface area contributed by atoms with E-state index in [4.69, 9.17) is 0 Å². The standard InChI is InChI=1S/C15H15F2N5O2/c1-21-8-19-12(20-21)6-18-15(24)9-5-13(23)22(7-9)14-10(16)3-2-4-11(14)17/h2-4,8-9H,5-7H2,1H3,(H,18,24). The number of anilines is 1. The molecule has 1 aliphatic heterocycles. The highest BCUT2D eigenvalue weighted by atomic mass is 19.1. The third-order valence-electron chi connectivity index (χ3n) is 3.77. The second-order valence-corrected chi connectivity index (χ2v) is 5.53. The molecule has 0 saturated carbocycles. The molecule has 1 saturated heterocycles. The summed E-state index contributed by atoms with van der Waals surface area (Å²) in [7, 11) is 1.70. The van der Waals surface area contributed by atoms with Gasteiger partial charge in [-0.1, -0.05) is 6.07 Å². The van der Waals surface area contributed by atoms with Gasteiger partial charge in [0.1, 0.15) is 23.6 Å². The molecule has 0 radical (unpaired) electrons. The molecule has 24 heavy (non-hydrogen) atoms. The molecule has 1 aromatic carbocycles. The lowest BCUT2D eigenvalue weighted by Gasteiger charge is -2.18. The third-order valence-corrected chi connectivity index (χ3v) is 3.77. The summed E-state index contributed by atoms with van der Waals surface area (Å²) in [6.07, 6.45) is 1.40. The van der Waals surface area contributed by atoms with Gasteiger partial charge in [-0.25, -0.2) is 13.8 Å². The Hall–Kier alpha value is -2.84. The minimum absolute atomic E-state index is 0.0713. The largest absolute Gasteiger partial charge is 0.348 e. The first kappa shape index (κ1) is 16.0.